The molecule has 1 unspecified atom stereocenters. The lowest BCUT2D eigenvalue weighted by Crippen LogP contribution is -2.28. The van der Waals surface area contributed by atoms with E-state index >= 15 is 0 Å². The highest BCUT2D eigenvalue weighted by Gasteiger charge is 2.05. The van der Waals surface area contributed by atoms with Gasteiger partial charge in [-0.2, -0.15) is 5.10 Å². The van der Waals surface area contributed by atoms with E-state index in [1.165, 1.54) is 0 Å². The van der Waals surface area contributed by atoms with Crippen LogP contribution in [0, 0.1) is 0 Å². The van der Waals surface area contributed by atoms with Crippen LogP contribution in [0.25, 0.3) is 10.9 Å². The largest absolute Gasteiger partial charge is 0.395 e. The summed E-state index contributed by atoms with van der Waals surface area (Å²) in [5.41, 5.74) is 2.04. The van der Waals surface area contributed by atoms with Crippen LogP contribution in [0.5, 0.6) is 0 Å². The average Bonchev–Trinajstić information content (AvgIpc) is 2.69. The zero-order valence-corrected chi connectivity index (χ0v) is 8.70. The number of para-hydroxylation sites is 1. The third kappa shape index (κ3) is 2.16. The van der Waals surface area contributed by atoms with Gasteiger partial charge in [0.2, 0.25) is 0 Å². The van der Waals surface area contributed by atoms with Crippen molar-refractivity contribution in [1.29, 1.82) is 0 Å². The molecule has 2 rings (SSSR count). The number of aliphatic hydroxyl groups excluding tert-OH is 1. The molecule has 0 aliphatic carbocycles. The van der Waals surface area contributed by atoms with E-state index in [2.05, 4.69) is 15.5 Å². The third-order valence-corrected chi connectivity index (χ3v) is 2.44. The van der Waals surface area contributed by atoms with Crippen LogP contribution in [0.15, 0.2) is 24.3 Å². The van der Waals surface area contributed by atoms with Crippen LogP contribution in [0.1, 0.15) is 12.6 Å². The summed E-state index contributed by atoms with van der Waals surface area (Å²) in [4.78, 5) is 0. The number of aromatic amines is 1. The number of rotatable bonds is 4. The molecule has 3 N–H and O–H groups in total. The van der Waals surface area contributed by atoms with Gasteiger partial charge in [0, 0.05) is 18.0 Å². The SMILES string of the molecule is CC(CO)NCc1[nH]nc2ccccc12. The van der Waals surface area contributed by atoms with Crippen LogP contribution >= 0.6 is 0 Å². The second-order valence-electron chi connectivity index (χ2n) is 3.68. The summed E-state index contributed by atoms with van der Waals surface area (Å²) in [6, 6.07) is 8.09. The Balaban J connectivity index is 2.14. The first kappa shape index (κ1) is 10.1. The standard InChI is InChI=1S/C11H15N3O/c1-8(7-15)12-6-11-9-4-2-3-5-10(9)13-14-11/h2-5,8,12,15H,6-7H2,1H3,(H,13,14). The zero-order chi connectivity index (χ0) is 10.7. The Hall–Kier alpha value is -1.39. The highest BCUT2D eigenvalue weighted by molar-refractivity contribution is 5.81. The summed E-state index contributed by atoms with van der Waals surface area (Å²) < 4.78 is 0. The van der Waals surface area contributed by atoms with Crippen LogP contribution < -0.4 is 5.32 Å². The summed E-state index contributed by atoms with van der Waals surface area (Å²) in [5, 5.41) is 20.4. The molecule has 1 atom stereocenters. The fourth-order valence-electron chi connectivity index (χ4n) is 1.49. The van der Waals surface area contributed by atoms with Crippen LogP contribution in [0.3, 0.4) is 0 Å². The van der Waals surface area contributed by atoms with Gasteiger partial charge >= 0.3 is 0 Å². The Labute approximate surface area is 88.3 Å². The molecule has 0 aliphatic heterocycles. The molecule has 4 nitrogen and oxygen atoms in total. The first-order valence-corrected chi connectivity index (χ1v) is 5.07. The number of fused-ring (bicyclic) bond motifs is 1. The molecular formula is C11H15N3O. The number of benzene rings is 1. The summed E-state index contributed by atoms with van der Waals surface area (Å²) in [5.74, 6) is 0. The molecule has 0 radical (unpaired) electrons. The van der Waals surface area contributed by atoms with E-state index < -0.39 is 0 Å². The lowest BCUT2D eigenvalue weighted by molar-refractivity contribution is 0.251. The van der Waals surface area contributed by atoms with Crippen molar-refractivity contribution in [2.75, 3.05) is 6.61 Å². The van der Waals surface area contributed by atoms with Gasteiger partial charge in [-0.25, -0.2) is 0 Å². The molecule has 0 aliphatic rings. The van der Waals surface area contributed by atoms with Gasteiger partial charge in [-0.05, 0) is 13.0 Å². The lowest BCUT2D eigenvalue weighted by atomic mass is 10.2. The number of hydrogen-bond donors (Lipinski definition) is 3. The van der Waals surface area contributed by atoms with E-state index in [0.29, 0.717) is 6.54 Å². The van der Waals surface area contributed by atoms with Crippen molar-refractivity contribution in [3.63, 3.8) is 0 Å². The Bertz CT molecular complexity index is 438. The number of hydrogen-bond acceptors (Lipinski definition) is 3. The highest BCUT2D eigenvalue weighted by Crippen LogP contribution is 2.14. The summed E-state index contributed by atoms with van der Waals surface area (Å²) >= 11 is 0. The van der Waals surface area contributed by atoms with Crippen LogP contribution in [0.2, 0.25) is 0 Å². The minimum absolute atomic E-state index is 0.104. The molecule has 0 fully saturated rings. The van der Waals surface area contributed by atoms with Crippen LogP contribution in [-0.4, -0.2) is 28.0 Å². The number of aliphatic hydroxyl groups is 1. The molecule has 1 aromatic carbocycles. The number of H-pyrrole nitrogens is 1. The Morgan fingerprint density at radius 3 is 3.07 bits per heavy atom. The van der Waals surface area contributed by atoms with E-state index in [0.717, 1.165) is 16.6 Å². The van der Waals surface area contributed by atoms with E-state index in [1.807, 2.05) is 31.2 Å². The molecule has 15 heavy (non-hydrogen) atoms. The van der Waals surface area contributed by atoms with Crippen LogP contribution in [-0.2, 0) is 6.54 Å². The normalized spacial score (nSPS) is 13.2. The van der Waals surface area contributed by atoms with E-state index in [4.69, 9.17) is 5.11 Å². The summed E-state index contributed by atoms with van der Waals surface area (Å²) in [6.45, 7) is 2.78. The van der Waals surface area contributed by atoms with Crippen molar-refractivity contribution in [2.45, 2.75) is 19.5 Å². The molecule has 1 heterocycles. The molecule has 2 aromatic rings. The first-order valence-electron chi connectivity index (χ1n) is 5.07. The van der Waals surface area contributed by atoms with Gasteiger partial charge in [0.1, 0.15) is 0 Å². The van der Waals surface area contributed by atoms with E-state index in [1.54, 1.807) is 0 Å². The maximum Gasteiger partial charge on any atom is 0.0924 e. The molecule has 0 amide bonds. The van der Waals surface area contributed by atoms with Gasteiger partial charge in [0.05, 0.1) is 17.8 Å². The second-order valence-corrected chi connectivity index (χ2v) is 3.68. The number of nitrogens with zero attached hydrogens (tertiary/aromatic N) is 1. The minimum Gasteiger partial charge on any atom is -0.395 e. The van der Waals surface area contributed by atoms with Gasteiger partial charge in [0.15, 0.2) is 0 Å². The van der Waals surface area contributed by atoms with Gasteiger partial charge < -0.3 is 10.4 Å². The summed E-state index contributed by atoms with van der Waals surface area (Å²) in [7, 11) is 0. The Morgan fingerprint density at radius 2 is 2.27 bits per heavy atom. The van der Waals surface area contributed by atoms with E-state index in [9.17, 15) is 0 Å². The predicted octanol–water partition coefficient (Wildman–Crippen LogP) is 1.03. The summed E-state index contributed by atoms with van der Waals surface area (Å²) in [6.07, 6.45) is 0. The minimum atomic E-state index is 0.104. The fraction of sp³-hybridized carbons (Fsp3) is 0.364. The highest BCUT2D eigenvalue weighted by atomic mass is 16.3. The molecule has 4 heteroatoms. The maximum absolute atomic E-state index is 8.89. The smallest absolute Gasteiger partial charge is 0.0924 e. The van der Waals surface area contributed by atoms with Crippen molar-refractivity contribution < 1.29 is 5.11 Å². The fourth-order valence-corrected chi connectivity index (χ4v) is 1.49. The molecular weight excluding hydrogens is 190 g/mol. The Morgan fingerprint density at radius 1 is 1.47 bits per heavy atom. The second kappa shape index (κ2) is 4.42. The van der Waals surface area contributed by atoms with Gasteiger partial charge in [-0.15, -0.1) is 0 Å². The maximum atomic E-state index is 8.89. The topological polar surface area (TPSA) is 60.9 Å². The number of nitrogens with one attached hydrogen (secondary N) is 2. The zero-order valence-electron chi connectivity index (χ0n) is 8.70. The van der Waals surface area contributed by atoms with E-state index in [-0.39, 0.29) is 12.6 Å². The molecule has 0 bridgehead atoms. The molecule has 1 aromatic heterocycles. The van der Waals surface area contributed by atoms with Crippen molar-refractivity contribution in [3.8, 4) is 0 Å². The lowest BCUT2D eigenvalue weighted by Gasteiger charge is -2.08. The van der Waals surface area contributed by atoms with Crippen molar-refractivity contribution >= 4 is 10.9 Å². The average molecular weight is 205 g/mol. The van der Waals surface area contributed by atoms with Gasteiger partial charge in [-0.3, -0.25) is 5.10 Å². The number of aromatic nitrogens is 2. The third-order valence-electron chi connectivity index (χ3n) is 2.44. The van der Waals surface area contributed by atoms with Crippen molar-refractivity contribution in [1.82, 2.24) is 15.5 Å². The quantitative estimate of drug-likeness (QED) is 0.698. The van der Waals surface area contributed by atoms with Gasteiger partial charge in [0.25, 0.3) is 0 Å². The molecule has 0 saturated heterocycles. The Kier molecular flexibility index (Phi) is 2.99. The van der Waals surface area contributed by atoms with Crippen LogP contribution in [0.4, 0.5) is 0 Å². The molecule has 0 spiro atoms. The first-order chi connectivity index (χ1) is 7.31. The molecule has 0 saturated carbocycles. The monoisotopic (exact) mass is 205 g/mol. The van der Waals surface area contributed by atoms with Crippen molar-refractivity contribution in [3.05, 3.63) is 30.0 Å². The molecule has 80 valence electrons. The predicted molar refractivity (Wildman–Crippen MR) is 59.5 cm³/mol. The van der Waals surface area contributed by atoms with Gasteiger partial charge in [-0.1, -0.05) is 18.2 Å². The van der Waals surface area contributed by atoms with Crippen molar-refractivity contribution in [2.24, 2.45) is 0 Å².